The molecule has 0 spiro atoms. The normalized spacial score (nSPS) is 20.6. The smallest absolute Gasteiger partial charge is 0.329 e. The number of likely N-dealkylation sites (N-methyl/N-ethyl adjacent to an activating group) is 1. The predicted octanol–water partition coefficient (Wildman–Crippen LogP) is 1.98. The first-order chi connectivity index (χ1) is 7.95. The van der Waals surface area contributed by atoms with Crippen LogP contribution in [0.25, 0.3) is 0 Å². The first-order valence-electron chi connectivity index (χ1n) is 5.99. The zero-order chi connectivity index (χ0) is 13.1. The van der Waals surface area contributed by atoms with Crippen LogP contribution < -0.4 is 0 Å². The Bertz CT molecular complexity index is 300. The van der Waals surface area contributed by atoms with Crippen molar-refractivity contribution in [3.05, 3.63) is 0 Å². The highest BCUT2D eigenvalue weighted by molar-refractivity contribution is 7.99. The summed E-state index contributed by atoms with van der Waals surface area (Å²) in [6, 6.07) is 0. The Labute approximate surface area is 107 Å². The molecule has 1 fully saturated rings. The molecule has 98 valence electrons. The minimum Gasteiger partial charge on any atom is -0.479 e. The topological polar surface area (TPSA) is 57.6 Å². The molecule has 0 aromatic carbocycles. The molecule has 0 aromatic rings. The quantitative estimate of drug-likeness (QED) is 0.838. The van der Waals surface area contributed by atoms with E-state index in [1.165, 1.54) is 16.7 Å². The SMILES string of the molecule is CSC(C)C(=O)N(C)C1(C(=O)O)CCCCC1. The van der Waals surface area contributed by atoms with Gasteiger partial charge in [0.1, 0.15) is 5.54 Å². The third-order valence-electron chi connectivity index (χ3n) is 3.75. The minimum atomic E-state index is -0.973. The van der Waals surface area contributed by atoms with Crippen molar-refractivity contribution in [1.29, 1.82) is 0 Å². The van der Waals surface area contributed by atoms with Crippen molar-refractivity contribution in [2.24, 2.45) is 0 Å². The van der Waals surface area contributed by atoms with E-state index in [1.54, 1.807) is 7.05 Å². The van der Waals surface area contributed by atoms with E-state index >= 15 is 0 Å². The van der Waals surface area contributed by atoms with E-state index in [9.17, 15) is 14.7 Å². The highest BCUT2D eigenvalue weighted by atomic mass is 32.2. The fourth-order valence-corrected chi connectivity index (χ4v) is 2.77. The average molecular weight is 259 g/mol. The number of carboxylic acid groups (broad SMARTS) is 1. The van der Waals surface area contributed by atoms with Gasteiger partial charge in [0.25, 0.3) is 0 Å². The van der Waals surface area contributed by atoms with E-state index < -0.39 is 11.5 Å². The van der Waals surface area contributed by atoms with Crippen LogP contribution in [0.4, 0.5) is 0 Å². The summed E-state index contributed by atoms with van der Waals surface area (Å²) in [6.07, 6.45) is 5.85. The highest BCUT2D eigenvalue weighted by Gasteiger charge is 2.46. The van der Waals surface area contributed by atoms with Crippen molar-refractivity contribution in [3.8, 4) is 0 Å². The van der Waals surface area contributed by atoms with Gasteiger partial charge in [0.15, 0.2) is 0 Å². The van der Waals surface area contributed by atoms with E-state index in [4.69, 9.17) is 0 Å². The number of hydrogen-bond donors (Lipinski definition) is 1. The predicted molar refractivity (Wildman–Crippen MR) is 69.2 cm³/mol. The molecule has 1 aliphatic rings. The molecule has 0 saturated heterocycles. The molecule has 1 amide bonds. The lowest BCUT2D eigenvalue weighted by Crippen LogP contribution is -2.57. The van der Waals surface area contributed by atoms with Crippen molar-refractivity contribution >= 4 is 23.6 Å². The molecule has 1 rings (SSSR count). The monoisotopic (exact) mass is 259 g/mol. The van der Waals surface area contributed by atoms with Gasteiger partial charge in [-0.15, -0.1) is 0 Å². The van der Waals surface area contributed by atoms with Gasteiger partial charge in [0.05, 0.1) is 5.25 Å². The third kappa shape index (κ3) is 2.76. The van der Waals surface area contributed by atoms with Crippen molar-refractivity contribution in [2.75, 3.05) is 13.3 Å². The average Bonchev–Trinajstić information content (AvgIpc) is 2.36. The largest absolute Gasteiger partial charge is 0.479 e. The lowest BCUT2D eigenvalue weighted by atomic mass is 9.80. The maximum Gasteiger partial charge on any atom is 0.329 e. The van der Waals surface area contributed by atoms with Gasteiger partial charge in [-0.1, -0.05) is 19.3 Å². The number of thioether (sulfide) groups is 1. The number of carbonyl (C=O) groups is 2. The van der Waals surface area contributed by atoms with Crippen molar-refractivity contribution < 1.29 is 14.7 Å². The first-order valence-corrected chi connectivity index (χ1v) is 7.28. The molecule has 17 heavy (non-hydrogen) atoms. The Morgan fingerprint density at radius 3 is 2.24 bits per heavy atom. The fraction of sp³-hybridized carbons (Fsp3) is 0.833. The third-order valence-corrected chi connectivity index (χ3v) is 4.66. The Balaban J connectivity index is 2.90. The number of carbonyl (C=O) groups excluding carboxylic acids is 1. The molecular formula is C12H21NO3S. The molecule has 1 atom stereocenters. The summed E-state index contributed by atoms with van der Waals surface area (Å²) < 4.78 is 0. The van der Waals surface area contributed by atoms with Crippen molar-refractivity contribution in [3.63, 3.8) is 0 Å². The molecule has 1 aliphatic carbocycles. The van der Waals surface area contributed by atoms with Crippen LogP contribution in [0.2, 0.25) is 0 Å². The summed E-state index contributed by atoms with van der Waals surface area (Å²) in [5, 5.41) is 9.28. The summed E-state index contributed by atoms with van der Waals surface area (Å²) in [6.45, 7) is 1.82. The Kier molecular flexibility index (Phi) is 4.86. The molecule has 1 unspecified atom stereocenters. The maximum absolute atomic E-state index is 12.1. The number of nitrogens with zero attached hydrogens (tertiary/aromatic N) is 1. The Morgan fingerprint density at radius 2 is 1.82 bits per heavy atom. The van der Waals surface area contributed by atoms with Crippen molar-refractivity contribution in [1.82, 2.24) is 4.90 Å². The van der Waals surface area contributed by atoms with E-state index in [1.807, 2.05) is 13.2 Å². The lowest BCUT2D eigenvalue weighted by Gasteiger charge is -2.41. The van der Waals surface area contributed by atoms with E-state index in [-0.39, 0.29) is 11.2 Å². The van der Waals surface area contributed by atoms with Crippen LogP contribution in [0.5, 0.6) is 0 Å². The van der Waals surface area contributed by atoms with Crippen LogP contribution in [0.15, 0.2) is 0 Å². The zero-order valence-electron chi connectivity index (χ0n) is 10.7. The summed E-state index contributed by atoms with van der Waals surface area (Å²) >= 11 is 1.45. The maximum atomic E-state index is 12.1. The summed E-state index contributed by atoms with van der Waals surface area (Å²) in [5.41, 5.74) is -0.973. The number of amides is 1. The van der Waals surface area contributed by atoms with Crippen molar-refractivity contribution in [2.45, 2.75) is 49.8 Å². The highest BCUT2D eigenvalue weighted by Crippen LogP contribution is 2.34. The second-order valence-corrected chi connectivity index (χ2v) is 5.85. The van der Waals surface area contributed by atoms with E-state index in [0.717, 1.165) is 19.3 Å². The van der Waals surface area contributed by atoms with Crippen LogP contribution in [0, 0.1) is 0 Å². The van der Waals surface area contributed by atoms with E-state index in [2.05, 4.69) is 0 Å². The summed E-state index contributed by atoms with van der Waals surface area (Å²) in [7, 11) is 1.63. The minimum absolute atomic E-state index is 0.0817. The molecule has 1 N–H and O–H groups in total. The first kappa shape index (κ1) is 14.4. The molecular weight excluding hydrogens is 238 g/mol. The summed E-state index contributed by atoms with van der Waals surface area (Å²) in [5.74, 6) is -0.942. The number of hydrogen-bond acceptors (Lipinski definition) is 3. The van der Waals surface area contributed by atoms with Crippen LogP contribution in [0.3, 0.4) is 0 Å². The van der Waals surface area contributed by atoms with Gasteiger partial charge < -0.3 is 10.0 Å². The fourth-order valence-electron chi connectivity index (χ4n) is 2.41. The van der Waals surface area contributed by atoms with Crippen LogP contribution in [-0.2, 0) is 9.59 Å². The molecule has 0 radical (unpaired) electrons. The zero-order valence-corrected chi connectivity index (χ0v) is 11.5. The van der Waals surface area contributed by atoms with Gasteiger partial charge in [-0.3, -0.25) is 4.79 Å². The number of aliphatic carboxylic acids is 1. The standard InChI is InChI=1S/C12H21NO3S/c1-9(17-3)10(14)13(2)12(11(15)16)7-5-4-6-8-12/h9H,4-8H2,1-3H3,(H,15,16). The van der Waals surface area contributed by atoms with Gasteiger partial charge in [-0.05, 0) is 26.0 Å². The Hall–Kier alpha value is -0.710. The number of rotatable bonds is 4. The van der Waals surface area contributed by atoms with Gasteiger partial charge in [0.2, 0.25) is 5.91 Å². The van der Waals surface area contributed by atoms with E-state index in [0.29, 0.717) is 12.8 Å². The van der Waals surface area contributed by atoms with Gasteiger partial charge in [-0.25, -0.2) is 4.79 Å². The number of carboxylic acids is 1. The molecule has 4 nitrogen and oxygen atoms in total. The molecule has 0 heterocycles. The lowest BCUT2D eigenvalue weighted by molar-refractivity contribution is -0.160. The molecule has 0 aromatic heterocycles. The molecule has 0 bridgehead atoms. The van der Waals surface area contributed by atoms with Gasteiger partial charge >= 0.3 is 5.97 Å². The molecule has 5 heteroatoms. The Morgan fingerprint density at radius 1 is 1.29 bits per heavy atom. The van der Waals surface area contributed by atoms with Crippen LogP contribution in [-0.4, -0.2) is 46.0 Å². The van der Waals surface area contributed by atoms with Gasteiger partial charge in [-0.2, -0.15) is 11.8 Å². The molecule has 0 aliphatic heterocycles. The second kappa shape index (κ2) is 5.76. The second-order valence-electron chi connectivity index (χ2n) is 4.67. The molecule has 1 saturated carbocycles. The summed E-state index contributed by atoms with van der Waals surface area (Å²) in [4.78, 5) is 25.1. The van der Waals surface area contributed by atoms with Crippen LogP contribution >= 0.6 is 11.8 Å². The van der Waals surface area contributed by atoms with Crippen LogP contribution in [0.1, 0.15) is 39.0 Å². The van der Waals surface area contributed by atoms with Gasteiger partial charge in [0, 0.05) is 7.05 Å².